The number of sulfonamides is 1. The van der Waals surface area contributed by atoms with Crippen LogP contribution in [0.15, 0.2) is 23.1 Å². The molecule has 1 saturated heterocycles. The Morgan fingerprint density at radius 2 is 2.18 bits per heavy atom. The van der Waals surface area contributed by atoms with Crippen LogP contribution in [0.25, 0.3) is 0 Å². The first-order valence-corrected chi connectivity index (χ1v) is 11.1. The molecule has 3 rings (SSSR count). The fourth-order valence-corrected chi connectivity index (χ4v) is 4.93. The van der Waals surface area contributed by atoms with Gasteiger partial charge in [-0.2, -0.15) is 4.31 Å². The highest BCUT2D eigenvalue weighted by molar-refractivity contribution is 7.89. The minimum Gasteiger partial charge on any atom is -0.482 e. The van der Waals surface area contributed by atoms with E-state index in [1.54, 1.807) is 6.07 Å². The number of nitrogens with one attached hydrogen (secondary N) is 2. The summed E-state index contributed by atoms with van der Waals surface area (Å²) in [6.45, 7) is 5.23. The first-order valence-electron chi connectivity index (χ1n) is 9.62. The van der Waals surface area contributed by atoms with Gasteiger partial charge < -0.3 is 15.4 Å². The summed E-state index contributed by atoms with van der Waals surface area (Å²) < 4.78 is 32.8. The third-order valence-electron chi connectivity index (χ3n) is 5.00. The van der Waals surface area contributed by atoms with Crippen LogP contribution >= 0.6 is 0 Å². The molecule has 0 aliphatic carbocycles. The normalized spacial score (nSPS) is 20.2. The van der Waals surface area contributed by atoms with Gasteiger partial charge in [0, 0.05) is 19.6 Å². The molecule has 2 aliphatic rings. The molecule has 1 fully saturated rings. The molecule has 2 heterocycles. The molecule has 2 N–H and O–H groups in total. The Balaban J connectivity index is 1.70. The molecule has 1 aromatic rings. The van der Waals surface area contributed by atoms with Gasteiger partial charge in [-0.15, -0.1) is 0 Å². The third-order valence-corrected chi connectivity index (χ3v) is 6.86. The standard InChI is InChI=1S/C19H27N3O5S/c1-13(2)7-8-20-19(24)14-4-3-9-22(11-14)28(25,26)15-5-6-17-16(10-15)21-18(23)12-27-17/h5-6,10,13-14H,3-4,7-9,11-12H2,1-2H3,(H,20,24)(H,21,23)/t14-/m1/s1. The molecule has 1 aromatic carbocycles. The summed E-state index contributed by atoms with van der Waals surface area (Å²) in [6, 6.07) is 4.42. The van der Waals surface area contributed by atoms with Gasteiger partial charge >= 0.3 is 0 Å². The Labute approximate surface area is 165 Å². The summed E-state index contributed by atoms with van der Waals surface area (Å²) in [5.41, 5.74) is 0.345. The van der Waals surface area contributed by atoms with Crippen molar-refractivity contribution in [2.45, 2.75) is 38.0 Å². The van der Waals surface area contributed by atoms with Crippen molar-refractivity contribution in [2.24, 2.45) is 11.8 Å². The van der Waals surface area contributed by atoms with Crippen LogP contribution in [-0.4, -0.2) is 50.8 Å². The minimum atomic E-state index is -3.77. The molecule has 0 bridgehead atoms. The number of piperidine rings is 1. The summed E-state index contributed by atoms with van der Waals surface area (Å²) >= 11 is 0. The van der Waals surface area contributed by atoms with Crippen molar-refractivity contribution in [3.63, 3.8) is 0 Å². The number of nitrogens with zero attached hydrogens (tertiary/aromatic N) is 1. The maximum atomic E-state index is 13.1. The van der Waals surface area contributed by atoms with Crippen molar-refractivity contribution in [3.05, 3.63) is 18.2 Å². The van der Waals surface area contributed by atoms with Crippen LogP contribution < -0.4 is 15.4 Å². The lowest BCUT2D eigenvalue weighted by Gasteiger charge is -2.31. The summed E-state index contributed by atoms with van der Waals surface area (Å²) in [5, 5.41) is 5.54. The van der Waals surface area contributed by atoms with E-state index < -0.39 is 10.0 Å². The summed E-state index contributed by atoms with van der Waals surface area (Å²) in [6.07, 6.45) is 2.20. The number of amides is 2. The van der Waals surface area contributed by atoms with Crippen LogP contribution in [-0.2, 0) is 19.6 Å². The van der Waals surface area contributed by atoms with Gasteiger partial charge in [0.25, 0.3) is 5.91 Å². The highest BCUT2D eigenvalue weighted by Gasteiger charge is 2.34. The molecule has 2 aliphatic heterocycles. The van der Waals surface area contributed by atoms with E-state index >= 15 is 0 Å². The maximum Gasteiger partial charge on any atom is 0.262 e. The topological polar surface area (TPSA) is 105 Å². The molecule has 8 nitrogen and oxygen atoms in total. The first-order chi connectivity index (χ1) is 13.3. The van der Waals surface area contributed by atoms with Crippen molar-refractivity contribution >= 4 is 27.5 Å². The van der Waals surface area contributed by atoms with E-state index in [1.165, 1.54) is 16.4 Å². The number of carbonyl (C=O) groups excluding carboxylic acids is 2. The van der Waals surface area contributed by atoms with Crippen LogP contribution in [0.2, 0.25) is 0 Å². The first kappa shape index (κ1) is 20.6. The number of hydrogen-bond donors (Lipinski definition) is 2. The molecule has 0 unspecified atom stereocenters. The fourth-order valence-electron chi connectivity index (χ4n) is 3.37. The van der Waals surface area contributed by atoms with Crippen LogP contribution in [0.1, 0.15) is 33.1 Å². The number of hydrogen-bond acceptors (Lipinski definition) is 5. The Kier molecular flexibility index (Phi) is 6.24. The Morgan fingerprint density at radius 1 is 1.39 bits per heavy atom. The predicted molar refractivity (Wildman–Crippen MR) is 105 cm³/mol. The van der Waals surface area contributed by atoms with Gasteiger partial charge in [0.15, 0.2) is 6.61 Å². The van der Waals surface area contributed by atoms with E-state index in [1.807, 2.05) is 0 Å². The van der Waals surface area contributed by atoms with Crippen molar-refractivity contribution < 1.29 is 22.7 Å². The molecule has 9 heteroatoms. The average molecular weight is 410 g/mol. The quantitative estimate of drug-likeness (QED) is 0.742. The molecule has 1 atom stereocenters. The predicted octanol–water partition coefficient (Wildman–Crippen LogP) is 1.58. The van der Waals surface area contributed by atoms with Gasteiger partial charge in [0.1, 0.15) is 5.75 Å². The van der Waals surface area contributed by atoms with Gasteiger partial charge in [-0.05, 0) is 43.4 Å². The van der Waals surface area contributed by atoms with E-state index in [-0.39, 0.29) is 35.8 Å². The van der Waals surface area contributed by atoms with Gasteiger partial charge in [0.05, 0.1) is 16.5 Å². The minimum absolute atomic E-state index is 0.0814. The number of ether oxygens (including phenoxy) is 1. The lowest BCUT2D eigenvalue weighted by Crippen LogP contribution is -2.45. The zero-order valence-corrected chi connectivity index (χ0v) is 17.0. The number of rotatable bonds is 6. The second kappa shape index (κ2) is 8.48. The van der Waals surface area contributed by atoms with Crippen molar-refractivity contribution in [1.82, 2.24) is 9.62 Å². The third kappa shape index (κ3) is 4.64. The van der Waals surface area contributed by atoms with E-state index in [9.17, 15) is 18.0 Å². The van der Waals surface area contributed by atoms with Crippen LogP contribution in [0.4, 0.5) is 5.69 Å². The number of fused-ring (bicyclic) bond motifs is 1. The Hall–Kier alpha value is -2.13. The number of carbonyl (C=O) groups is 2. The van der Waals surface area contributed by atoms with Gasteiger partial charge in [-0.25, -0.2) is 8.42 Å². The van der Waals surface area contributed by atoms with Gasteiger partial charge in [-0.1, -0.05) is 13.8 Å². The Morgan fingerprint density at radius 3 is 2.93 bits per heavy atom. The highest BCUT2D eigenvalue weighted by Crippen LogP contribution is 2.32. The van der Waals surface area contributed by atoms with E-state index in [0.29, 0.717) is 43.3 Å². The average Bonchev–Trinajstić information content (AvgIpc) is 2.67. The molecule has 0 aromatic heterocycles. The second-order valence-electron chi connectivity index (χ2n) is 7.67. The van der Waals surface area contributed by atoms with Crippen LogP contribution in [0.5, 0.6) is 5.75 Å². The lowest BCUT2D eigenvalue weighted by molar-refractivity contribution is -0.126. The summed E-state index contributed by atoms with van der Waals surface area (Å²) in [4.78, 5) is 24.0. The van der Waals surface area contributed by atoms with Crippen LogP contribution in [0, 0.1) is 11.8 Å². The van der Waals surface area contributed by atoms with E-state index in [0.717, 1.165) is 6.42 Å². The molecular weight excluding hydrogens is 382 g/mol. The molecule has 0 spiro atoms. The SMILES string of the molecule is CC(C)CCNC(=O)[C@@H]1CCCN(S(=O)(=O)c2ccc3c(c2)NC(=O)CO3)C1. The highest BCUT2D eigenvalue weighted by atomic mass is 32.2. The van der Waals surface area contributed by atoms with Crippen LogP contribution in [0.3, 0.4) is 0 Å². The second-order valence-corrected chi connectivity index (χ2v) is 9.61. The molecule has 154 valence electrons. The van der Waals surface area contributed by atoms with Crippen molar-refractivity contribution in [1.29, 1.82) is 0 Å². The number of benzene rings is 1. The molecular formula is C19H27N3O5S. The zero-order valence-electron chi connectivity index (χ0n) is 16.2. The van der Waals surface area contributed by atoms with E-state index in [4.69, 9.17) is 4.74 Å². The summed E-state index contributed by atoms with van der Waals surface area (Å²) in [7, 11) is -3.77. The zero-order chi connectivity index (χ0) is 20.3. The Bertz CT molecular complexity index is 853. The smallest absolute Gasteiger partial charge is 0.262 e. The monoisotopic (exact) mass is 409 g/mol. The van der Waals surface area contributed by atoms with Gasteiger partial charge in [-0.3, -0.25) is 9.59 Å². The maximum absolute atomic E-state index is 13.1. The largest absolute Gasteiger partial charge is 0.482 e. The van der Waals surface area contributed by atoms with Crippen molar-refractivity contribution in [3.8, 4) is 5.75 Å². The molecule has 0 saturated carbocycles. The van der Waals surface area contributed by atoms with Crippen molar-refractivity contribution in [2.75, 3.05) is 31.6 Å². The molecule has 0 radical (unpaired) electrons. The lowest BCUT2D eigenvalue weighted by atomic mass is 9.98. The van der Waals surface area contributed by atoms with E-state index in [2.05, 4.69) is 24.5 Å². The molecule has 28 heavy (non-hydrogen) atoms. The molecule has 2 amide bonds. The van der Waals surface area contributed by atoms with Gasteiger partial charge in [0.2, 0.25) is 15.9 Å². The summed E-state index contributed by atoms with van der Waals surface area (Å²) in [5.74, 6) is 0.178. The fraction of sp³-hybridized carbons (Fsp3) is 0.579. The number of anilines is 1.